The first kappa shape index (κ1) is 13.4. The number of hydrogen-bond donors (Lipinski definition) is 1. The van der Waals surface area contributed by atoms with Gasteiger partial charge in [-0.1, -0.05) is 54.6 Å². The minimum absolute atomic E-state index is 0.118. The Bertz CT molecular complexity index is 522. The number of nitrogens with two attached hydrogens (primary N) is 1. The molecular formula is C17H19NO. The third kappa shape index (κ3) is 3.46. The molecule has 0 radical (unpaired) electrons. The van der Waals surface area contributed by atoms with Crippen LogP contribution in [0.4, 0.5) is 0 Å². The third-order valence-electron chi connectivity index (χ3n) is 2.99. The molecule has 0 spiro atoms. The molecule has 2 rings (SSSR count). The Balaban J connectivity index is 2.21. The summed E-state index contributed by atoms with van der Waals surface area (Å²) in [5.41, 5.74) is 8.06. The molecule has 0 fully saturated rings. The van der Waals surface area contributed by atoms with Crippen LogP contribution in [0.25, 0.3) is 0 Å². The van der Waals surface area contributed by atoms with Crippen LogP contribution in [0.5, 0.6) is 5.75 Å². The molecule has 1 atom stereocenters. The summed E-state index contributed by atoms with van der Waals surface area (Å²) in [6.45, 7) is 4.23. The minimum Gasteiger partial charge on any atom is -0.484 e. The molecule has 0 saturated carbocycles. The highest BCUT2D eigenvalue weighted by atomic mass is 16.5. The van der Waals surface area contributed by atoms with E-state index in [2.05, 4.69) is 12.6 Å². The second kappa shape index (κ2) is 6.76. The second-order valence-electron chi connectivity index (χ2n) is 4.35. The van der Waals surface area contributed by atoms with Crippen LogP contribution < -0.4 is 10.5 Å². The SMILES string of the molecule is C=CCc1ccccc1OC(CN)c1ccccc1. The Morgan fingerprint density at radius 2 is 1.74 bits per heavy atom. The topological polar surface area (TPSA) is 35.2 Å². The van der Waals surface area contributed by atoms with Gasteiger partial charge in [-0.25, -0.2) is 0 Å². The van der Waals surface area contributed by atoms with Crippen LogP contribution in [0.1, 0.15) is 17.2 Å². The molecule has 0 bridgehead atoms. The third-order valence-corrected chi connectivity index (χ3v) is 2.99. The van der Waals surface area contributed by atoms with Gasteiger partial charge in [0.25, 0.3) is 0 Å². The quantitative estimate of drug-likeness (QED) is 0.800. The van der Waals surface area contributed by atoms with Gasteiger partial charge < -0.3 is 10.5 Å². The molecule has 0 aliphatic carbocycles. The predicted molar refractivity (Wildman–Crippen MR) is 79.2 cm³/mol. The van der Waals surface area contributed by atoms with Crippen LogP contribution in [0, 0.1) is 0 Å². The highest BCUT2D eigenvalue weighted by Crippen LogP contribution is 2.25. The van der Waals surface area contributed by atoms with Crippen molar-refractivity contribution in [3.05, 3.63) is 78.4 Å². The van der Waals surface area contributed by atoms with E-state index in [-0.39, 0.29) is 6.10 Å². The van der Waals surface area contributed by atoms with Crippen molar-refractivity contribution >= 4 is 0 Å². The molecule has 2 nitrogen and oxygen atoms in total. The van der Waals surface area contributed by atoms with E-state index in [1.54, 1.807) is 0 Å². The van der Waals surface area contributed by atoms with E-state index in [1.165, 1.54) is 0 Å². The lowest BCUT2D eigenvalue weighted by Crippen LogP contribution is -2.18. The first-order valence-corrected chi connectivity index (χ1v) is 6.45. The van der Waals surface area contributed by atoms with Crippen molar-refractivity contribution in [2.45, 2.75) is 12.5 Å². The van der Waals surface area contributed by atoms with E-state index < -0.39 is 0 Å². The van der Waals surface area contributed by atoms with Crippen LogP contribution in [-0.4, -0.2) is 6.54 Å². The zero-order chi connectivity index (χ0) is 13.5. The molecule has 0 saturated heterocycles. The molecule has 98 valence electrons. The fraction of sp³-hybridized carbons (Fsp3) is 0.176. The van der Waals surface area contributed by atoms with Gasteiger partial charge in [-0.3, -0.25) is 0 Å². The minimum atomic E-state index is -0.118. The molecule has 19 heavy (non-hydrogen) atoms. The normalized spacial score (nSPS) is 11.8. The van der Waals surface area contributed by atoms with Gasteiger partial charge in [0.1, 0.15) is 11.9 Å². The monoisotopic (exact) mass is 253 g/mol. The standard InChI is InChI=1S/C17H19NO/c1-2-8-14-11-6-7-12-16(14)19-17(13-18)15-9-4-3-5-10-15/h2-7,9-12,17H,1,8,13,18H2. The van der Waals surface area contributed by atoms with Crippen LogP contribution in [0.2, 0.25) is 0 Å². The maximum absolute atomic E-state index is 6.06. The van der Waals surface area contributed by atoms with Crippen molar-refractivity contribution in [2.75, 3.05) is 6.54 Å². The molecule has 0 aliphatic heterocycles. The van der Waals surface area contributed by atoms with Gasteiger partial charge in [-0.05, 0) is 23.6 Å². The molecule has 1 unspecified atom stereocenters. The number of hydrogen-bond acceptors (Lipinski definition) is 2. The number of ether oxygens (including phenoxy) is 1. The van der Waals surface area contributed by atoms with Crippen LogP contribution in [0.15, 0.2) is 67.3 Å². The van der Waals surface area contributed by atoms with E-state index in [4.69, 9.17) is 10.5 Å². The number of para-hydroxylation sites is 1. The van der Waals surface area contributed by atoms with Crippen molar-refractivity contribution in [2.24, 2.45) is 5.73 Å². The Morgan fingerprint density at radius 1 is 1.05 bits per heavy atom. The smallest absolute Gasteiger partial charge is 0.136 e. The van der Waals surface area contributed by atoms with Gasteiger partial charge >= 0.3 is 0 Å². The van der Waals surface area contributed by atoms with Gasteiger partial charge in [0.15, 0.2) is 0 Å². The maximum atomic E-state index is 6.06. The van der Waals surface area contributed by atoms with Crippen molar-refractivity contribution in [1.82, 2.24) is 0 Å². The molecule has 0 heterocycles. The van der Waals surface area contributed by atoms with Crippen molar-refractivity contribution in [3.63, 3.8) is 0 Å². The Morgan fingerprint density at radius 3 is 2.42 bits per heavy atom. The predicted octanol–water partition coefficient (Wildman–Crippen LogP) is 3.49. The summed E-state index contributed by atoms with van der Waals surface area (Å²) < 4.78 is 6.06. The lowest BCUT2D eigenvalue weighted by molar-refractivity contribution is 0.212. The molecule has 0 aliphatic rings. The Labute approximate surface area is 114 Å². The zero-order valence-corrected chi connectivity index (χ0v) is 11.0. The van der Waals surface area contributed by atoms with E-state index in [9.17, 15) is 0 Å². The average Bonchev–Trinajstić information content (AvgIpc) is 2.47. The summed E-state index contributed by atoms with van der Waals surface area (Å²) >= 11 is 0. The van der Waals surface area contributed by atoms with Crippen molar-refractivity contribution in [1.29, 1.82) is 0 Å². The summed E-state index contributed by atoms with van der Waals surface area (Å²) in [5, 5.41) is 0. The molecule has 2 aromatic carbocycles. The number of allylic oxidation sites excluding steroid dienone is 1. The molecule has 2 aromatic rings. The molecular weight excluding hydrogens is 234 g/mol. The zero-order valence-electron chi connectivity index (χ0n) is 11.0. The highest BCUT2D eigenvalue weighted by molar-refractivity contribution is 5.35. The van der Waals surface area contributed by atoms with E-state index in [0.29, 0.717) is 6.54 Å². The first-order chi connectivity index (χ1) is 9.35. The van der Waals surface area contributed by atoms with Gasteiger partial charge in [0.05, 0.1) is 0 Å². The van der Waals surface area contributed by atoms with Gasteiger partial charge in [-0.15, -0.1) is 6.58 Å². The lowest BCUT2D eigenvalue weighted by atomic mass is 10.1. The van der Waals surface area contributed by atoms with Gasteiger partial charge in [-0.2, -0.15) is 0 Å². The second-order valence-corrected chi connectivity index (χ2v) is 4.35. The van der Waals surface area contributed by atoms with E-state index in [0.717, 1.165) is 23.3 Å². The Hall–Kier alpha value is -2.06. The fourth-order valence-corrected chi connectivity index (χ4v) is 2.02. The fourth-order valence-electron chi connectivity index (χ4n) is 2.02. The van der Waals surface area contributed by atoms with Crippen LogP contribution in [-0.2, 0) is 6.42 Å². The first-order valence-electron chi connectivity index (χ1n) is 6.45. The lowest BCUT2D eigenvalue weighted by Gasteiger charge is -2.19. The number of rotatable bonds is 6. The summed E-state index contributed by atoms with van der Waals surface area (Å²) in [6.07, 6.45) is 2.55. The Kier molecular flexibility index (Phi) is 4.76. The summed E-state index contributed by atoms with van der Waals surface area (Å²) in [7, 11) is 0. The highest BCUT2D eigenvalue weighted by Gasteiger charge is 2.12. The summed E-state index contributed by atoms with van der Waals surface area (Å²) in [6, 6.07) is 18.1. The maximum Gasteiger partial charge on any atom is 0.136 e. The summed E-state index contributed by atoms with van der Waals surface area (Å²) in [4.78, 5) is 0. The largest absolute Gasteiger partial charge is 0.484 e. The van der Waals surface area contributed by atoms with Crippen molar-refractivity contribution in [3.8, 4) is 5.75 Å². The average molecular weight is 253 g/mol. The molecule has 0 amide bonds. The van der Waals surface area contributed by atoms with E-state index >= 15 is 0 Å². The number of benzene rings is 2. The van der Waals surface area contributed by atoms with Crippen LogP contribution >= 0.6 is 0 Å². The van der Waals surface area contributed by atoms with Crippen molar-refractivity contribution < 1.29 is 4.74 Å². The van der Waals surface area contributed by atoms with Gasteiger partial charge in [0.2, 0.25) is 0 Å². The van der Waals surface area contributed by atoms with Crippen LogP contribution in [0.3, 0.4) is 0 Å². The molecule has 0 aromatic heterocycles. The van der Waals surface area contributed by atoms with E-state index in [1.807, 2.05) is 54.6 Å². The summed E-state index contributed by atoms with van der Waals surface area (Å²) in [5.74, 6) is 0.877. The molecule has 2 heteroatoms. The van der Waals surface area contributed by atoms with Gasteiger partial charge in [0, 0.05) is 6.54 Å². The molecule has 2 N–H and O–H groups in total.